The highest BCUT2D eigenvalue weighted by molar-refractivity contribution is 9.10. The van der Waals surface area contributed by atoms with E-state index in [9.17, 15) is 4.79 Å². The number of para-hydroxylation sites is 2. The standard InChI is InChI=1S/C22H21BrN2O2/c1-25(15-17-11-13-19(23)14-12-17)22(26)24-21-10-6-5-7-18(21)16-27-20-8-3-2-4-9-20/h2-14H,15-16H2,1H3,(H,24,26). The highest BCUT2D eigenvalue weighted by Crippen LogP contribution is 2.19. The maximum atomic E-state index is 12.6. The quantitative estimate of drug-likeness (QED) is 0.551. The minimum absolute atomic E-state index is 0.162. The van der Waals surface area contributed by atoms with Gasteiger partial charge in [-0.2, -0.15) is 0 Å². The molecule has 0 saturated carbocycles. The lowest BCUT2D eigenvalue weighted by Crippen LogP contribution is -2.31. The van der Waals surface area contributed by atoms with E-state index in [0.717, 1.165) is 27.0 Å². The Balaban J connectivity index is 1.62. The number of carbonyl (C=O) groups excluding carboxylic acids is 1. The van der Waals surface area contributed by atoms with Gasteiger partial charge in [0.25, 0.3) is 0 Å². The van der Waals surface area contributed by atoms with E-state index >= 15 is 0 Å². The Kier molecular flexibility index (Phi) is 6.49. The molecule has 0 heterocycles. The van der Waals surface area contributed by atoms with E-state index < -0.39 is 0 Å². The number of hydrogen-bond acceptors (Lipinski definition) is 2. The molecule has 0 radical (unpaired) electrons. The molecule has 0 saturated heterocycles. The summed E-state index contributed by atoms with van der Waals surface area (Å²) in [6.45, 7) is 0.915. The maximum absolute atomic E-state index is 12.6. The number of benzene rings is 3. The third-order valence-corrected chi connectivity index (χ3v) is 4.60. The second-order valence-electron chi connectivity index (χ2n) is 6.17. The van der Waals surface area contributed by atoms with Gasteiger partial charge in [-0.25, -0.2) is 4.79 Å². The highest BCUT2D eigenvalue weighted by Gasteiger charge is 2.12. The summed E-state index contributed by atoms with van der Waals surface area (Å²) in [4.78, 5) is 14.2. The molecule has 0 bridgehead atoms. The Morgan fingerprint density at radius 3 is 2.37 bits per heavy atom. The first-order valence-corrected chi connectivity index (χ1v) is 9.43. The van der Waals surface area contributed by atoms with Crippen molar-refractivity contribution in [2.24, 2.45) is 0 Å². The molecule has 1 N–H and O–H groups in total. The molecule has 3 aromatic carbocycles. The number of anilines is 1. The minimum atomic E-state index is -0.162. The van der Waals surface area contributed by atoms with Crippen LogP contribution in [0.2, 0.25) is 0 Å². The van der Waals surface area contributed by atoms with Gasteiger partial charge in [0.2, 0.25) is 0 Å². The first kappa shape index (κ1) is 19.0. The van der Waals surface area contributed by atoms with E-state index in [-0.39, 0.29) is 6.03 Å². The lowest BCUT2D eigenvalue weighted by molar-refractivity contribution is 0.220. The van der Waals surface area contributed by atoms with Crippen molar-refractivity contribution in [1.82, 2.24) is 4.90 Å². The molecule has 3 aromatic rings. The molecule has 0 atom stereocenters. The number of hydrogen-bond donors (Lipinski definition) is 1. The van der Waals surface area contributed by atoms with Gasteiger partial charge in [0.1, 0.15) is 12.4 Å². The monoisotopic (exact) mass is 424 g/mol. The fourth-order valence-electron chi connectivity index (χ4n) is 2.59. The largest absolute Gasteiger partial charge is 0.489 e. The third-order valence-electron chi connectivity index (χ3n) is 4.08. The summed E-state index contributed by atoms with van der Waals surface area (Å²) in [5.41, 5.74) is 2.74. The van der Waals surface area contributed by atoms with Crippen LogP contribution in [-0.2, 0) is 13.2 Å². The highest BCUT2D eigenvalue weighted by atomic mass is 79.9. The van der Waals surface area contributed by atoms with Crippen molar-refractivity contribution in [2.45, 2.75) is 13.2 Å². The van der Waals surface area contributed by atoms with Gasteiger partial charge >= 0.3 is 6.03 Å². The zero-order valence-electron chi connectivity index (χ0n) is 15.1. The Morgan fingerprint density at radius 2 is 1.63 bits per heavy atom. The van der Waals surface area contributed by atoms with Crippen LogP contribution >= 0.6 is 15.9 Å². The summed E-state index contributed by atoms with van der Waals surface area (Å²) >= 11 is 3.42. The lowest BCUT2D eigenvalue weighted by atomic mass is 10.2. The molecule has 0 unspecified atom stereocenters. The first-order chi connectivity index (χ1) is 13.1. The van der Waals surface area contributed by atoms with Crippen molar-refractivity contribution in [1.29, 1.82) is 0 Å². The molecule has 0 spiro atoms. The summed E-state index contributed by atoms with van der Waals surface area (Å²) < 4.78 is 6.83. The summed E-state index contributed by atoms with van der Waals surface area (Å²) in [6, 6.07) is 25.1. The van der Waals surface area contributed by atoms with Gasteiger partial charge in [-0.05, 0) is 35.9 Å². The SMILES string of the molecule is CN(Cc1ccc(Br)cc1)C(=O)Nc1ccccc1COc1ccccc1. The van der Waals surface area contributed by atoms with Crippen molar-refractivity contribution < 1.29 is 9.53 Å². The zero-order valence-corrected chi connectivity index (χ0v) is 16.6. The smallest absolute Gasteiger partial charge is 0.321 e. The Hall–Kier alpha value is -2.79. The number of carbonyl (C=O) groups is 1. The van der Waals surface area contributed by atoms with Crippen LogP contribution in [0.1, 0.15) is 11.1 Å². The fourth-order valence-corrected chi connectivity index (χ4v) is 2.86. The molecule has 5 heteroatoms. The number of ether oxygens (including phenoxy) is 1. The van der Waals surface area contributed by atoms with E-state index in [1.807, 2.05) is 78.9 Å². The topological polar surface area (TPSA) is 41.6 Å². The van der Waals surface area contributed by atoms with Gasteiger partial charge in [-0.1, -0.05) is 64.5 Å². The van der Waals surface area contributed by atoms with Gasteiger partial charge in [0.05, 0.1) is 0 Å². The molecule has 0 aliphatic heterocycles. The molecular formula is C22H21BrN2O2. The van der Waals surface area contributed by atoms with Crippen LogP contribution in [0.3, 0.4) is 0 Å². The van der Waals surface area contributed by atoms with Crippen molar-refractivity contribution in [3.05, 3.63) is 94.5 Å². The molecular weight excluding hydrogens is 404 g/mol. The van der Waals surface area contributed by atoms with Crippen LogP contribution in [0.25, 0.3) is 0 Å². The van der Waals surface area contributed by atoms with Crippen LogP contribution in [0, 0.1) is 0 Å². The fraction of sp³-hybridized carbons (Fsp3) is 0.136. The number of halogens is 1. The van der Waals surface area contributed by atoms with Crippen molar-refractivity contribution in [3.63, 3.8) is 0 Å². The van der Waals surface area contributed by atoms with Crippen LogP contribution in [-0.4, -0.2) is 18.0 Å². The molecule has 3 rings (SSSR count). The molecule has 0 aliphatic carbocycles. The number of nitrogens with zero attached hydrogens (tertiary/aromatic N) is 1. The lowest BCUT2D eigenvalue weighted by Gasteiger charge is -2.19. The minimum Gasteiger partial charge on any atom is -0.489 e. The summed E-state index contributed by atoms with van der Waals surface area (Å²) in [6.07, 6.45) is 0. The van der Waals surface area contributed by atoms with E-state index in [1.165, 1.54) is 0 Å². The van der Waals surface area contributed by atoms with Crippen LogP contribution in [0.15, 0.2) is 83.3 Å². The molecule has 0 aliphatic rings. The van der Waals surface area contributed by atoms with E-state index in [0.29, 0.717) is 13.2 Å². The average molecular weight is 425 g/mol. The second kappa shape index (κ2) is 9.24. The number of rotatable bonds is 6. The van der Waals surface area contributed by atoms with Crippen LogP contribution < -0.4 is 10.1 Å². The van der Waals surface area contributed by atoms with Crippen molar-refractivity contribution in [3.8, 4) is 5.75 Å². The molecule has 4 nitrogen and oxygen atoms in total. The van der Waals surface area contributed by atoms with E-state index in [2.05, 4.69) is 21.2 Å². The van der Waals surface area contributed by atoms with Crippen LogP contribution in [0.5, 0.6) is 5.75 Å². The predicted octanol–water partition coefficient (Wildman–Crippen LogP) is 5.69. The summed E-state index contributed by atoms with van der Waals surface area (Å²) in [5, 5.41) is 2.98. The number of amides is 2. The third kappa shape index (κ3) is 5.59. The van der Waals surface area contributed by atoms with Gasteiger partial charge in [0.15, 0.2) is 0 Å². The first-order valence-electron chi connectivity index (χ1n) is 8.64. The van der Waals surface area contributed by atoms with Crippen molar-refractivity contribution in [2.75, 3.05) is 12.4 Å². The molecule has 27 heavy (non-hydrogen) atoms. The molecule has 0 aromatic heterocycles. The second-order valence-corrected chi connectivity index (χ2v) is 7.09. The van der Waals surface area contributed by atoms with Gasteiger partial charge in [-0.15, -0.1) is 0 Å². The van der Waals surface area contributed by atoms with Gasteiger partial charge in [0, 0.05) is 29.3 Å². The zero-order chi connectivity index (χ0) is 19.1. The molecule has 2 amide bonds. The van der Waals surface area contributed by atoms with Gasteiger partial charge < -0.3 is 15.0 Å². The van der Waals surface area contributed by atoms with E-state index in [1.54, 1.807) is 11.9 Å². The van der Waals surface area contributed by atoms with Gasteiger partial charge in [-0.3, -0.25) is 0 Å². The Bertz CT molecular complexity index is 882. The number of nitrogens with one attached hydrogen (secondary N) is 1. The Labute approximate surface area is 167 Å². The average Bonchev–Trinajstić information content (AvgIpc) is 2.70. The van der Waals surface area contributed by atoms with E-state index in [4.69, 9.17) is 4.74 Å². The van der Waals surface area contributed by atoms with Crippen LogP contribution in [0.4, 0.5) is 10.5 Å². The molecule has 0 fully saturated rings. The molecule has 138 valence electrons. The van der Waals surface area contributed by atoms with Crippen molar-refractivity contribution >= 4 is 27.6 Å². The summed E-state index contributed by atoms with van der Waals surface area (Å²) in [7, 11) is 1.78. The Morgan fingerprint density at radius 1 is 0.963 bits per heavy atom. The number of urea groups is 1. The normalized spacial score (nSPS) is 10.3. The summed E-state index contributed by atoms with van der Waals surface area (Å²) in [5.74, 6) is 0.797. The maximum Gasteiger partial charge on any atom is 0.321 e. The predicted molar refractivity (Wildman–Crippen MR) is 112 cm³/mol.